The van der Waals surface area contributed by atoms with E-state index in [9.17, 15) is 14.4 Å². The van der Waals surface area contributed by atoms with Crippen molar-refractivity contribution >= 4 is 17.7 Å². The molecule has 0 saturated carbocycles. The molecule has 1 aromatic rings. The maximum atomic E-state index is 12.8. The third-order valence-corrected chi connectivity index (χ3v) is 4.38. The summed E-state index contributed by atoms with van der Waals surface area (Å²) in [6, 6.07) is 8.14. The van der Waals surface area contributed by atoms with Gasteiger partial charge in [0.25, 0.3) is 0 Å². The van der Waals surface area contributed by atoms with Gasteiger partial charge < -0.3 is 5.32 Å². The molecule has 0 unspecified atom stereocenters. The number of thioether (sulfide) groups is 1. The summed E-state index contributed by atoms with van der Waals surface area (Å²) in [4.78, 5) is 13.0. The van der Waals surface area contributed by atoms with Gasteiger partial charge in [0.2, 0.25) is 5.91 Å². The smallest absolute Gasteiger partial charge is 0.234 e. The van der Waals surface area contributed by atoms with E-state index in [4.69, 9.17) is 0 Å². The summed E-state index contributed by atoms with van der Waals surface area (Å²) >= 11 is 1.34. The molecule has 0 aliphatic heterocycles. The summed E-state index contributed by atoms with van der Waals surface area (Å²) in [6.45, 7) is 7.26. The predicted molar refractivity (Wildman–Crippen MR) is 78.7 cm³/mol. The second-order valence-corrected chi connectivity index (χ2v) is 6.59. The van der Waals surface area contributed by atoms with Crippen molar-refractivity contribution in [2.45, 2.75) is 43.4 Å². The van der Waals surface area contributed by atoms with Gasteiger partial charge >= 0.3 is 0 Å². The monoisotopic (exact) mass is 294 g/mol. The minimum absolute atomic E-state index is 0.0134. The molecule has 1 amide bonds. The molecule has 0 aromatic heterocycles. The lowest BCUT2D eigenvalue weighted by molar-refractivity contribution is -0.121. The lowest BCUT2D eigenvalue weighted by atomic mass is 9.90. The quantitative estimate of drug-likeness (QED) is 0.847. The Morgan fingerprint density at radius 2 is 1.90 bits per heavy atom. The summed E-state index contributed by atoms with van der Waals surface area (Å²) in [5, 5.41) is 11.6. The summed E-state index contributed by atoms with van der Waals surface area (Å²) in [5.41, 5.74) is -0.880. The second kappa shape index (κ2) is 6.76. The number of halogens is 1. The summed E-state index contributed by atoms with van der Waals surface area (Å²) < 4.78 is 12.8. The maximum absolute atomic E-state index is 12.8. The topological polar surface area (TPSA) is 52.9 Å². The van der Waals surface area contributed by atoms with Crippen LogP contribution in [-0.4, -0.2) is 16.7 Å². The van der Waals surface area contributed by atoms with Crippen molar-refractivity contribution in [2.75, 3.05) is 0 Å². The molecular formula is C15H19FN2OS. The molecule has 0 spiro atoms. The van der Waals surface area contributed by atoms with Crippen LogP contribution in [-0.2, 0) is 4.79 Å². The van der Waals surface area contributed by atoms with E-state index >= 15 is 0 Å². The van der Waals surface area contributed by atoms with Crippen LogP contribution in [0.25, 0.3) is 0 Å². The number of hydrogen-bond acceptors (Lipinski definition) is 3. The number of hydrogen-bond donors (Lipinski definition) is 1. The van der Waals surface area contributed by atoms with Crippen LogP contribution < -0.4 is 5.32 Å². The van der Waals surface area contributed by atoms with Gasteiger partial charge in [-0.05, 0) is 44.0 Å². The molecule has 0 heterocycles. The van der Waals surface area contributed by atoms with Crippen molar-refractivity contribution < 1.29 is 9.18 Å². The Morgan fingerprint density at radius 1 is 1.35 bits per heavy atom. The van der Waals surface area contributed by atoms with Gasteiger partial charge in [0.1, 0.15) is 11.4 Å². The van der Waals surface area contributed by atoms with Crippen LogP contribution in [0.15, 0.2) is 29.2 Å². The maximum Gasteiger partial charge on any atom is 0.234 e. The Bertz CT molecular complexity index is 510. The molecule has 3 nitrogen and oxygen atoms in total. The fourth-order valence-corrected chi connectivity index (χ4v) is 2.30. The minimum atomic E-state index is -0.880. The molecule has 0 saturated heterocycles. The van der Waals surface area contributed by atoms with Gasteiger partial charge in [-0.3, -0.25) is 4.79 Å². The molecule has 0 aliphatic rings. The SMILES string of the molecule is CC(C)[C@](C)(C#N)NC(=O)[C@H](C)Sc1ccc(F)cc1. The second-order valence-electron chi connectivity index (χ2n) is 5.17. The molecule has 20 heavy (non-hydrogen) atoms. The van der Waals surface area contributed by atoms with Crippen LogP contribution in [0.2, 0.25) is 0 Å². The van der Waals surface area contributed by atoms with Gasteiger partial charge in [-0.15, -0.1) is 11.8 Å². The van der Waals surface area contributed by atoms with Crippen LogP contribution in [0.1, 0.15) is 27.7 Å². The standard InChI is InChI=1S/C15H19FN2OS/c1-10(2)15(4,9-17)18-14(19)11(3)20-13-7-5-12(16)6-8-13/h5-8,10-11H,1-4H3,(H,18,19)/t11-,15-/m0/s1. The highest BCUT2D eigenvalue weighted by Crippen LogP contribution is 2.24. The zero-order valence-electron chi connectivity index (χ0n) is 12.1. The van der Waals surface area contributed by atoms with E-state index in [1.165, 1.54) is 23.9 Å². The van der Waals surface area contributed by atoms with Gasteiger partial charge in [0.05, 0.1) is 11.3 Å². The molecule has 5 heteroatoms. The lowest BCUT2D eigenvalue weighted by Gasteiger charge is -2.28. The van der Waals surface area contributed by atoms with Crippen LogP contribution in [0.4, 0.5) is 4.39 Å². The fraction of sp³-hybridized carbons (Fsp3) is 0.467. The summed E-state index contributed by atoms with van der Waals surface area (Å²) in [6.07, 6.45) is 0. The van der Waals surface area contributed by atoms with Crippen molar-refractivity contribution in [3.05, 3.63) is 30.1 Å². The average Bonchev–Trinajstić information content (AvgIpc) is 2.40. The molecule has 1 rings (SSSR count). The van der Waals surface area contributed by atoms with Crippen LogP contribution >= 0.6 is 11.8 Å². The largest absolute Gasteiger partial charge is 0.337 e. The van der Waals surface area contributed by atoms with Gasteiger partial charge in [-0.25, -0.2) is 4.39 Å². The highest BCUT2D eigenvalue weighted by molar-refractivity contribution is 8.00. The van der Waals surface area contributed by atoms with Crippen molar-refractivity contribution in [3.8, 4) is 6.07 Å². The van der Waals surface area contributed by atoms with E-state index in [-0.39, 0.29) is 22.9 Å². The molecule has 0 fully saturated rings. The highest BCUT2D eigenvalue weighted by Gasteiger charge is 2.31. The van der Waals surface area contributed by atoms with Crippen LogP contribution in [0.3, 0.4) is 0 Å². The van der Waals surface area contributed by atoms with Gasteiger partial charge in [-0.2, -0.15) is 5.26 Å². The van der Waals surface area contributed by atoms with Crippen LogP contribution in [0.5, 0.6) is 0 Å². The molecule has 2 atom stereocenters. The Labute approximate surface area is 123 Å². The van der Waals surface area contributed by atoms with Crippen molar-refractivity contribution in [1.29, 1.82) is 5.26 Å². The van der Waals surface area contributed by atoms with E-state index in [0.29, 0.717) is 0 Å². The van der Waals surface area contributed by atoms with E-state index in [1.807, 2.05) is 13.8 Å². The zero-order valence-corrected chi connectivity index (χ0v) is 12.9. The van der Waals surface area contributed by atoms with E-state index < -0.39 is 5.54 Å². The number of nitrogens with one attached hydrogen (secondary N) is 1. The number of rotatable bonds is 5. The van der Waals surface area contributed by atoms with Gasteiger partial charge in [0.15, 0.2) is 0 Å². The van der Waals surface area contributed by atoms with Crippen molar-refractivity contribution in [3.63, 3.8) is 0 Å². The zero-order chi connectivity index (χ0) is 15.3. The Kier molecular flexibility index (Phi) is 5.58. The summed E-state index contributed by atoms with van der Waals surface area (Å²) in [7, 11) is 0. The van der Waals surface area contributed by atoms with E-state index in [1.54, 1.807) is 26.0 Å². The molecule has 1 aromatic carbocycles. The number of benzene rings is 1. The van der Waals surface area contributed by atoms with E-state index in [0.717, 1.165) is 4.90 Å². The molecule has 108 valence electrons. The highest BCUT2D eigenvalue weighted by atomic mass is 32.2. The number of nitriles is 1. The Hall–Kier alpha value is -1.54. The number of carbonyl (C=O) groups excluding carboxylic acids is 1. The molecule has 0 radical (unpaired) electrons. The molecule has 0 bridgehead atoms. The third kappa shape index (κ3) is 4.24. The molecule has 1 N–H and O–H groups in total. The van der Waals surface area contributed by atoms with Crippen molar-refractivity contribution in [1.82, 2.24) is 5.32 Å². The Balaban J connectivity index is 2.68. The van der Waals surface area contributed by atoms with Gasteiger partial charge in [-0.1, -0.05) is 13.8 Å². The first-order chi connectivity index (χ1) is 9.28. The third-order valence-electron chi connectivity index (χ3n) is 3.27. The lowest BCUT2D eigenvalue weighted by Crippen LogP contribution is -2.51. The van der Waals surface area contributed by atoms with Crippen LogP contribution in [0, 0.1) is 23.1 Å². The molecular weight excluding hydrogens is 275 g/mol. The predicted octanol–water partition coefficient (Wildman–Crippen LogP) is 3.36. The first-order valence-electron chi connectivity index (χ1n) is 6.44. The number of carbonyl (C=O) groups is 1. The number of nitrogens with zero attached hydrogens (tertiary/aromatic N) is 1. The average molecular weight is 294 g/mol. The first kappa shape index (κ1) is 16.5. The fourth-order valence-electron chi connectivity index (χ4n) is 1.43. The first-order valence-corrected chi connectivity index (χ1v) is 7.32. The van der Waals surface area contributed by atoms with E-state index in [2.05, 4.69) is 11.4 Å². The normalized spacial score (nSPS) is 15.2. The minimum Gasteiger partial charge on any atom is -0.337 e. The Morgan fingerprint density at radius 3 is 2.35 bits per heavy atom. The number of amides is 1. The summed E-state index contributed by atoms with van der Waals surface area (Å²) in [5.74, 6) is -0.486. The molecule has 0 aliphatic carbocycles. The van der Waals surface area contributed by atoms with Gasteiger partial charge in [0, 0.05) is 4.90 Å². The van der Waals surface area contributed by atoms with Crippen molar-refractivity contribution in [2.24, 2.45) is 5.92 Å².